The van der Waals surface area contributed by atoms with E-state index in [2.05, 4.69) is 12.6 Å². The van der Waals surface area contributed by atoms with Crippen molar-refractivity contribution >= 4 is 23.1 Å². The summed E-state index contributed by atoms with van der Waals surface area (Å²) in [5.41, 5.74) is 0. The molecule has 0 N–H and O–H groups in total. The maximum atomic E-state index is 5.19. The molecule has 0 radical (unpaired) electrons. The van der Waals surface area contributed by atoms with Crippen LogP contribution in [0.2, 0.25) is 0 Å². The molecule has 0 saturated heterocycles. The fraction of sp³-hybridized carbons (Fsp3) is 1.00. The second kappa shape index (κ2) is 11.5. The maximum absolute atomic E-state index is 5.19. The summed E-state index contributed by atoms with van der Waals surface area (Å²) in [6.45, 7) is 1.34. The standard InChI is InChI=1S/C8H20O2SSi/c11-7-5-3-1-2-4-6-9-8-10-12/h11H,1-8H2,12H3. The van der Waals surface area contributed by atoms with Gasteiger partial charge in [0, 0.05) is 6.61 Å². The lowest BCUT2D eigenvalue weighted by Gasteiger charge is -2.02. The molecule has 4 heteroatoms. The van der Waals surface area contributed by atoms with Gasteiger partial charge in [-0.15, -0.1) is 0 Å². The first-order chi connectivity index (χ1) is 5.91. The lowest BCUT2D eigenvalue weighted by atomic mass is 10.2. The third-order valence-corrected chi connectivity index (χ3v) is 2.20. The highest BCUT2D eigenvalue weighted by Gasteiger charge is 1.89. The summed E-state index contributed by atoms with van der Waals surface area (Å²) in [7, 11) is 0.776. The summed E-state index contributed by atoms with van der Waals surface area (Å²) in [4.78, 5) is 0. The van der Waals surface area contributed by atoms with Crippen molar-refractivity contribution in [3.8, 4) is 0 Å². The zero-order chi connectivity index (χ0) is 9.07. The van der Waals surface area contributed by atoms with E-state index in [-0.39, 0.29) is 0 Å². The first kappa shape index (κ1) is 12.5. The van der Waals surface area contributed by atoms with Gasteiger partial charge < -0.3 is 9.16 Å². The second-order valence-electron chi connectivity index (χ2n) is 2.81. The Hall–Kier alpha value is 0.487. The van der Waals surface area contributed by atoms with Crippen LogP contribution in [0.5, 0.6) is 0 Å². The molecular formula is C8H20O2SSi. The number of hydrogen-bond acceptors (Lipinski definition) is 3. The van der Waals surface area contributed by atoms with Gasteiger partial charge in [0.1, 0.15) is 17.3 Å². The molecule has 0 saturated carbocycles. The molecular weight excluding hydrogens is 188 g/mol. The molecule has 0 aliphatic carbocycles. The van der Waals surface area contributed by atoms with Crippen molar-refractivity contribution in [2.45, 2.75) is 32.1 Å². The fourth-order valence-corrected chi connectivity index (χ4v) is 1.38. The Bertz CT molecular complexity index is 73.5. The van der Waals surface area contributed by atoms with Crippen LogP contribution in [0.4, 0.5) is 0 Å². The molecule has 0 heterocycles. The van der Waals surface area contributed by atoms with Crippen molar-refractivity contribution in [3.05, 3.63) is 0 Å². The van der Waals surface area contributed by atoms with Crippen LogP contribution in [0.25, 0.3) is 0 Å². The van der Waals surface area contributed by atoms with Crippen LogP contribution in [-0.2, 0) is 9.16 Å². The fourth-order valence-electron chi connectivity index (χ4n) is 0.989. The zero-order valence-electron chi connectivity index (χ0n) is 7.92. The maximum Gasteiger partial charge on any atom is 0.149 e. The summed E-state index contributed by atoms with van der Waals surface area (Å²) < 4.78 is 10.1. The summed E-state index contributed by atoms with van der Waals surface area (Å²) >= 11 is 4.15. The van der Waals surface area contributed by atoms with Crippen LogP contribution in [0, 0.1) is 0 Å². The topological polar surface area (TPSA) is 18.5 Å². The van der Waals surface area contributed by atoms with Gasteiger partial charge in [-0.3, -0.25) is 0 Å². The van der Waals surface area contributed by atoms with Gasteiger partial charge >= 0.3 is 0 Å². The highest BCUT2D eigenvalue weighted by molar-refractivity contribution is 7.80. The third kappa shape index (κ3) is 10.5. The van der Waals surface area contributed by atoms with E-state index in [1.165, 1.54) is 25.7 Å². The van der Waals surface area contributed by atoms with E-state index in [0.29, 0.717) is 6.79 Å². The van der Waals surface area contributed by atoms with Gasteiger partial charge in [-0.1, -0.05) is 19.3 Å². The summed E-state index contributed by atoms with van der Waals surface area (Å²) in [5.74, 6) is 1.02. The van der Waals surface area contributed by atoms with E-state index >= 15 is 0 Å². The monoisotopic (exact) mass is 208 g/mol. The average molecular weight is 208 g/mol. The molecule has 0 bridgehead atoms. The first-order valence-corrected chi connectivity index (χ1v) is 6.04. The van der Waals surface area contributed by atoms with Gasteiger partial charge in [0.15, 0.2) is 0 Å². The van der Waals surface area contributed by atoms with Crippen LogP contribution in [-0.4, -0.2) is 29.6 Å². The lowest BCUT2D eigenvalue weighted by molar-refractivity contribution is 0.0185. The number of ether oxygens (including phenoxy) is 1. The Morgan fingerprint density at radius 1 is 1.00 bits per heavy atom. The molecule has 2 nitrogen and oxygen atoms in total. The van der Waals surface area contributed by atoms with Crippen molar-refractivity contribution in [2.75, 3.05) is 19.2 Å². The van der Waals surface area contributed by atoms with Crippen LogP contribution >= 0.6 is 12.6 Å². The Balaban J connectivity index is 2.73. The van der Waals surface area contributed by atoms with Gasteiger partial charge in [0.05, 0.1) is 0 Å². The van der Waals surface area contributed by atoms with E-state index < -0.39 is 0 Å². The Morgan fingerprint density at radius 2 is 1.67 bits per heavy atom. The van der Waals surface area contributed by atoms with Crippen LogP contribution < -0.4 is 0 Å². The van der Waals surface area contributed by atoms with Crippen LogP contribution in [0.1, 0.15) is 32.1 Å². The quantitative estimate of drug-likeness (QED) is 0.265. The number of unbranched alkanes of at least 4 members (excludes halogenated alkanes) is 4. The Kier molecular flexibility index (Phi) is 12.0. The third-order valence-electron chi connectivity index (χ3n) is 1.65. The van der Waals surface area contributed by atoms with E-state index in [1.807, 2.05) is 0 Å². The summed E-state index contributed by atoms with van der Waals surface area (Å²) in [5, 5.41) is 0. The summed E-state index contributed by atoms with van der Waals surface area (Å²) in [6.07, 6.45) is 6.30. The van der Waals surface area contributed by atoms with Crippen molar-refractivity contribution in [1.29, 1.82) is 0 Å². The van der Waals surface area contributed by atoms with Gasteiger partial charge in [-0.25, -0.2) is 0 Å². The van der Waals surface area contributed by atoms with Gasteiger partial charge in [-0.05, 0) is 18.6 Å². The van der Waals surface area contributed by atoms with Crippen LogP contribution in [0.15, 0.2) is 0 Å². The van der Waals surface area contributed by atoms with Crippen molar-refractivity contribution in [2.24, 2.45) is 0 Å². The van der Waals surface area contributed by atoms with E-state index in [4.69, 9.17) is 9.16 Å². The predicted octanol–water partition coefficient (Wildman–Crippen LogP) is 1.14. The van der Waals surface area contributed by atoms with E-state index in [1.54, 1.807) is 0 Å². The Morgan fingerprint density at radius 3 is 2.33 bits per heavy atom. The number of thiol groups is 1. The molecule has 74 valence electrons. The molecule has 0 aliphatic heterocycles. The smallest absolute Gasteiger partial charge is 0.149 e. The molecule has 0 amide bonds. The predicted molar refractivity (Wildman–Crippen MR) is 58.8 cm³/mol. The second-order valence-corrected chi connectivity index (χ2v) is 3.83. The normalized spacial score (nSPS) is 10.8. The molecule has 0 aromatic rings. The molecule has 0 fully saturated rings. The molecule has 0 rings (SSSR count). The molecule has 0 aromatic heterocycles. The molecule has 0 aromatic carbocycles. The average Bonchev–Trinajstić information content (AvgIpc) is 2.10. The Labute approximate surface area is 84.0 Å². The van der Waals surface area contributed by atoms with E-state index in [0.717, 1.165) is 29.3 Å². The van der Waals surface area contributed by atoms with Crippen molar-refractivity contribution in [3.63, 3.8) is 0 Å². The molecule has 0 atom stereocenters. The van der Waals surface area contributed by atoms with Gasteiger partial charge in [0.25, 0.3) is 0 Å². The summed E-state index contributed by atoms with van der Waals surface area (Å²) in [6, 6.07) is 0. The minimum atomic E-state index is 0.489. The van der Waals surface area contributed by atoms with Crippen molar-refractivity contribution < 1.29 is 9.16 Å². The minimum absolute atomic E-state index is 0.489. The lowest BCUT2D eigenvalue weighted by Crippen LogP contribution is -1.98. The van der Waals surface area contributed by atoms with Gasteiger partial charge in [-0.2, -0.15) is 12.6 Å². The van der Waals surface area contributed by atoms with Crippen LogP contribution in [0.3, 0.4) is 0 Å². The minimum Gasteiger partial charge on any atom is -0.406 e. The zero-order valence-corrected chi connectivity index (χ0v) is 10.8. The van der Waals surface area contributed by atoms with E-state index in [9.17, 15) is 0 Å². The molecule has 0 spiro atoms. The highest BCUT2D eigenvalue weighted by atomic mass is 32.1. The molecule has 12 heavy (non-hydrogen) atoms. The van der Waals surface area contributed by atoms with Gasteiger partial charge in [0.2, 0.25) is 0 Å². The number of hydrogen-bond donors (Lipinski definition) is 1. The van der Waals surface area contributed by atoms with Crippen molar-refractivity contribution in [1.82, 2.24) is 0 Å². The SMILES string of the molecule is [SiH3]OCOCCCCCCCS. The number of rotatable bonds is 9. The molecule has 0 aliphatic rings. The highest BCUT2D eigenvalue weighted by Crippen LogP contribution is 2.03. The largest absolute Gasteiger partial charge is 0.406 e. The first-order valence-electron chi connectivity index (χ1n) is 4.59. The molecule has 0 unspecified atom stereocenters.